The lowest BCUT2D eigenvalue weighted by atomic mass is 10.4. The van der Waals surface area contributed by atoms with Crippen LogP contribution in [-0.4, -0.2) is 43.9 Å². The van der Waals surface area contributed by atoms with Crippen LogP contribution in [0.15, 0.2) is 6.07 Å². The minimum absolute atomic E-state index is 0.354. The summed E-state index contributed by atoms with van der Waals surface area (Å²) in [6.45, 7) is 4.46. The second-order valence-corrected chi connectivity index (χ2v) is 3.90. The number of aromatic nitrogens is 2. The van der Waals surface area contributed by atoms with E-state index < -0.39 is 0 Å². The number of hydrogen-bond donors (Lipinski definition) is 0. The van der Waals surface area contributed by atoms with Crippen molar-refractivity contribution in [3.05, 3.63) is 17.0 Å². The molecule has 6 heteroatoms. The molecule has 0 aliphatic rings. The van der Waals surface area contributed by atoms with Crippen LogP contribution < -0.4 is 4.90 Å². The number of anilines is 1. The average Bonchev–Trinajstić information content (AvgIpc) is 2.29. The Hall–Kier alpha value is -0.910. The van der Waals surface area contributed by atoms with Crippen molar-refractivity contribution in [2.45, 2.75) is 13.5 Å². The topological polar surface area (TPSA) is 47.5 Å². The van der Waals surface area contributed by atoms with E-state index >= 15 is 0 Å². The highest BCUT2D eigenvalue weighted by molar-refractivity contribution is 6.29. The van der Waals surface area contributed by atoms with Crippen LogP contribution in [-0.2, 0) is 16.1 Å². The smallest absolute Gasteiger partial charge is 0.158 e. The zero-order chi connectivity index (χ0) is 12.7. The maximum absolute atomic E-state index is 5.93. The molecular weight excluding hydrogens is 242 g/mol. The monoisotopic (exact) mass is 259 g/mol. The Morgan fingerprint density at radius 3 is 2.82 bits per heavy atom. The zero-order valence-electron chi connectivity index (χ0n) is 10.4. The van der Waals surface area contributed by atoms with Gasteiger partial charge >= 0.3 is 0 Å². The Morgan fingerprint density at radius 1 is 1.41 bits per heavy atom. The van der Waals surface area contributed by atoms with Gasteiger partial charge in [-0.2, -0.15) is 0 Å². The fraction of sp³-hybridized carbons (Fsp3) is 0.636. The molecule has 1 heterocycles. The fourth-order valence-corrected chi connectivity index (χ4v) is 1.50. The van der Waals surface area contributed by atoms with E-state index in [4.69, 9.17) is 21.1 Å². The molecule has 0 unspecified atom stereocenters. The van der Waals surface area contributed by atoms with E-state index in [1.54, 1.807) is 13.2 Å². The highest BCUT2D eigenvalue weighted by Gasteiger charge is 2.07. The highest BCUT2D eigenvalue weighted by Crippen LogP contribution is 2.15. The van der Waals surface area contributed by atoms with Crippen LogP contribution in [0.2, 0.25) is 5.15 Å². The van der Waals surface area contributed by atoms with Gasteiger partial charge in [0, 0.05) is 33.4 Å². The van der Waals surface area contributed by atoms with Crippen molar-refractivity contribution in [2.24, 2.45) is 0 Å². The van der Waals surface area contributed by atoms with Crippen molar-refractivity contribution >= 4 is 17.4 Å². The summed E-state index contributed by atoms with van der Waals surface area (Å²) >= 11 is 5.93. The lowest BCUT2D eigenvalue weighted by Crippen LogP contribution is -2.24. The van der Waals surface area contributed by atoms with Crippen molar-refractivity contribution in [3.63, 3.8) is 0 Å². The molecule has 1 aromatic rings. The van der Waals surface area contributed by atoms with Crippen molar-refractivity contribution in [1.29, 1.82) is 0 Å². The van der Waals surface area contributed by atoms with E-state index in [1.807, 2.05) is 18.9 Å². The molecule has 0 spiro atoms. The van der Waals surface area contributed by atoms with E-state index in [9.17, 15) is 0 Å². The summed E-state index contributed by atoms with van der Waals surface area (Å²) in [5.41, 5.74) is 0. The number of hydrogen-bond acceptors (Lipinski definition) is 5. The Kier molecular flexibility index (Phi) is 6.18. The van der Waals surface area contributed by atoms with Gasteiger partial charge in [-0.15, -0.1) is 0 Å². The van der Waals surface area contributed by atoms with E-state index in [0.29, 0.717) is 30.8 Å². The quantitative estimate of drug-likeness (QED) is 0.552. The normalized spacial score (nSPS) is 10.6. The summed E-state index contributed by atoms with van der Waals surface area (Å²) in [6.07, 6.45) is 0. The Labute approximate surface area is 107 Å². The van der Waals surface area contributed by atoms with Crippen LogP contribution in [0.1, 0.15) is 12.7 Å². The van der Waals surface area contributed by atoms with Gasteiger partial charge in [0.05, 0.1) is 6.61 Å². The molecule has 0 fully saturated rings. The van der Waals surface area contributed by atoms with Gasteiger partial charge in [-0.05, 0) is 6.92 Å². The molecule has 0 bridgehead atoms. The van der Waals surface area contributed by atoms with Crippen LogP contribution in [0.3, 0.4) is 0 Å². The molecule has 0 amide bonds. The van der Waals surface area contributed by atoms with E-state index in [2.05, 4.69) is 9.97 Å². The number of halogens is 1. The standard InChI is InChI=1S/C11H18ClN3O2/c1-4-17-6-5-15(2)11-7-9(12)13-10(14-11)8-16-3/h7H,4-6,8H2,1-3H3. The van der Waals surface area contributed by atoms with Crippen molar-refractivity contribution in [3.8, 4) is 0 Å². The first kappa shape index (κ1) is 14.2. The maximum Gasteiger partial charge on any atom is 0.158 e. The summed E-state index contributed by atoms with van der Waals surface area (Å²) in [4.78, 5) is 10.4. The third kappa shape index (κ3) is 4.85. The van der Waals surface area contributed by atoms with Crippen LogP contribution >= 0.6 is 11.6 Å². The van der Waals surface area contributed by atoms with E-state index in [1.165, 1.54) is 0 Å². The Bertz CT molecular complexity index is 349. The van der Waals surface area contributed by atoms with Crippen LogP contribution in [0.4, 0.5) is 5.82 Å². The maximum atomic E-state index is 5.93. The SMILES string of the molecule is CCOCCN(C)c1cc(Cl)nc(COC)n1. The van der Waals surface area contributed by atoms with Gasteiger partial charge < -0.3 is 14.4 Å². The zero-order valence-corrected chi connectivity index (χ0v) is 11.2. The third-order valence-corrected chi connectivity index (χ3v) is 2.36. The molecule has 96 valence electrons. The van der Waals surface area contributed by atoms with Gasteiger partial charge in [0.2, 0.25) is 0 Å². The number of likely N-dealkylation sites (N-methyl/N-ethyl adjacent to an activating group) is 1. The third-order valence-electron chi connectivity index (χ3n) is 2.17. The minimum atomic E-state index is 0.354. The van der Waals surface area contributed by atoms with Crippen LogP contribution in [0.5, 0.6) is 0 Å². The molecule has 0 saturated heterocycles. The van der Waals surface area contributed by atoms with Crippen molar-refractivity contribution in [1.82, 2.24) is 9.97 Å². The number of methoxy groups -OCH3 is 1. The van der Waals surface area contributed by atoms with Gasteiger partial charge in [0.1, 0.15) is 17.6 Å². The molecule has 17 heavy (non-hydrogen) atoms. The molecule has 0 atom stereocenters. The molecular formula is C11H18ClN3O2. The minimum Gasteiger partial charge on any atom is -0.380 e. The summed E-state index contributed by atoms with van der Waals surface area (Å²) in [5, 5.41) is 0.422. The lowest BCUT2D eigenvalue weighted by molar-refractivity contribution is 0.154. The van der Waals surface area contributed by atoms with Gasteiger partial charge in [-0.1, -0.05) is 11.6 Å². The second kappa shape index (κ2) is 7.42. The Balaban J connectivity index is 2.67. The van der Waals surface area contributed by atoms with Crippen LogP contribution in [0, 0.1) is 0 Å². The first-order chi connectivity index (χ1) is 8.17. The largest absolute Gasteiger partial charge is 0.380 e. The molecule has 0 radical (unpaired) electrons. The molecule has 0 N–H and O–H groups in total. The molecule has 1 rings (SSSR count). The van der Waals surface area contributed by atoms with Crippen molar-refractivity contribution in [2.75, 3.05) is 38.8 Å². The number of nitrogens with zero attached hydrogens (tertiary/aromatic N) is 3. The predicted molar refractivity (Wildman–Crippen MR) is 67.5 cm³/mol. The lowest BCUT2D eigenvalue weighted by Gasteiger charge is -2.18. The van der Waals surface area contributed by atoms with Gasteiger partial charge in [0.25, 0.3) is 0 Å². The molecule has 5 nitrogen and oxygen atoms in total. The first-order valence-corrected chi connectivity index (χ1v) is 5.86. The predicted octanol–water partition coefficient (Wildman–Crippen LogP) is 1.75. The first-order valence-electron chi connectivity index (χ1n) is 5.48. The summed E-state index contributed by atoms with van der Waals surface area (Å²) in [6, 6.07) is 1.73. The average molecular weight is 260 g/mol. The van der Waals surface area contributed by atoms with Gasteiger partial charge in [0.15, 0.2) is 5.82 Å². The van der Waals surface area contributed by atoms with E-state index in [0.717, 1.165) is 12.4 Å². The van der Waals surface area contributed by atoms with Gasteiger partial charge in [-0.25, -0.2) is 9.97 Å². The number of rotatable bonds is 7. The fourth-order valence-electron chi connectivity index (χ4n) is 1.30. The summed E-state index contributed by atoms with van der Waals surface area (Å²) in [7, 11) is 3.54. The molecule has 0 saturated carbocycles. The molecule has 0 aliphatic carbocycles. The number of ether oxygens (including phenoxy) is 2. The molecule has 0 aromatic carbocycles. The highest BCUT2D eigenvalue weighted by atomic mass is 35.5. The molecule has 0 aliphatic heterocycles. The molecule has 1 aromatic heterocycles. The van der Waals surface area contributed by atoms with Crippen LogP contribution in [0.25, 0.3) is 0 Å². The van der Waals surface area contributed by atoms with Gasteiger partial charge in [-0.3, -0.25) is 0 Å². The van der Waals surface area contributed by atoms with Crippen molar-refractivity contribution < 1.29 is 9.47 Å². The summed E-state index contributed by atoms with van der Waals surface area (Å²) in [5.74, 6) is 1.36. The second-order valence-electron chi connectivity index (χ2n) is 3.52. The summed E-state index contributed by atoms with van der Waals surface area (Å²) < 4.78 is 10.3. The Morgan fingerprint density at radius 2 is 2.18 bits per heavy atom. The van der Waals surface area contributed by atoms with E-state index in [-0.39, 0.29) is 0 Å².